The molecule has 0 fully saturated rings. The minimum absolute atomic E-state index is 0.0648. The summed E-state index contributed by atoms with van der Waals surface area (Å²) in [6.07, 6.45) is 4.10. The van der Waals surface area contributed by atoms with Crippen LogP contribution in [0.1, 0.15) is 50.7 Å². The Hall–Kier alpha value is -1.17. The van der Waals surface area contributed by atoms with Crippen LogP contribution in [0.2, 0.25) is 0 Å². The molecule has 0 saturated carbocycles. The second-order valence-electron chi connectivity index (χ2n) is 7.98. The maximum absolute atomic E-state index is 13.1. The average molecular weight is 454 g/mol. The van der Waals surface area contributed by atoms with Crippen molar-refractivity contribution in [2.75, 3.05) is 18.9 Å². The van der Waals surface area contributed by atoms with E-state index in [0.717, 1.165) is 38.1 Å². The second-order valence-corrected chi connectivity index (χ2v) is 9.97. The maximum atomic E-state index is 13.1. The smallest absolute Gasteiger partial charge is 0.316 e. The van der Waals surface area contributed by atoms with Crippen molar-refractivity contribution in [1.29, 1.82) is 0 Å². The zero-order valence-electron chi connectivity index (χ0n) is 17.8. The summed E-state index contributed by atoms with van der Waals surface area (Å²) < 4.78 is 28.2. The molecule has 4 nitrogen and oxygen atoms in total. The van der Waals surface area contributed by atoms with Crippen LogP contribution in [0.3, 0.4) is 0 Å². The van der Waals surface area contributed by atoms with Crippen LogP contribution in [0.4, 0.5) is 4.39 Å². The molecule has 0 amide bonds. The van der Waals surface area contributed by atoms with Gasteiger partial charge < -0.3 is 14.7 Å². The molecule has 2 rings (SSSR count). The largest absolute Gasteiger partial charge is 0.326 e. The molecule has 7 heteroatoms. The molecule has 0 saturated heterocycles. The van der Waals surface area contributed by atoms with Gasteiger partial charge in [-0.2, -0.15) is 0 Å². The number of hydrogen-bond acceptors (Lipinski definition) is 4. The van der Waals surface area contributed by atoms with Crippen molar-refractivity contribution in [3.63, 3.8) is 0 Å². The fourth-order valence-corrected chi connectivity index (χ4v) is 4.43. The molecule has 1 unspecified atom stereocenters. The van der Waals surface area contributed by atoms with Crippen molar-refractivity contribution in [3.05, 3.63) is 65.5 Å². The van der Waals surface area contributed by atoms with Crippen LogP contribution in [0.5, 0.6) is 0 Å². The zero-order valence-corrected chi connectivity index (χ0v) is 19.6. The van der Waals surface area contributed by atoms with Gasteiger partial charge in [0.15, 0.2) is 0 Å². The molecule has 0 aromatic heterocycles. The summed E-state index contributed by atoms with van der Waals surface area (Å²) in [7, 11) is -2.80. The number of halogens is 1. The molecule has 2 aromatic carbocycles. The van der Waals surface area contributed by atoms with Crippen molar-refractivity contribution in [3.8, 4) is 0 Å². The molecule has 0 radical (unpaired) electrons. The molecular formula is C23H33FNO3PS. The molecule has 1 atom stereocenters. The molecule has 2 aromatic rings. The van der Waals surface area contributed by atoms with Gasteiger partial charge in [-0.25, -0.2) is 4.39 Å². The van der Waals surface area contributed by atoms with E-state index in [-0.39, 0.29) is 11.2 Å². The number of hydrogen-bond donors (Lipinski definition) is 2. The summed E-state index contributed by atoms with van der Waals surface area (Å²) in [6, 6.07) is 15.5. The fourth-order valence-electron chi connectivity index (χ4n) is 3.20. The van der Waals surface area contributed by atoms with E-state index in [2.05, 4.69) is 48.0 Å². The van der Waals surface area contributed by atoms with E-state index in [1.165, 1.54) is 16.0 Å². The molecule has 166 valence electrons. The third-order valence-corrected chi connectivity index (χ3v) is 6.62. The first-order chi connectivity index (χ1) is 14.4. The highest BCUT2D eigenvalue weighted by Gasteiger charge is 2.19. The highest BCUT2D eigenvalue weighted by molar-refractivity contribution is 7.99. The van der Waals surface area contributed by atoms with Crippen LogP contribution in [0, 0.1) is 5.82 Å². The van der Waals surface area contributed by atoms with Gasteiger partial charge in [-0.1, -0.05) is 44.5 Å². The zero-order chi connectivity index (χ0) is 21.8. The Bertz CT molecular complexity index is 769. The normalized spacial score (nSPS) is 12.8. The Morgan fingerprint density at radius 1 is 1.07 bits per heavy atom. The van der Waals surface area contributed by atoms with Crippen molar-refractivity contribution in [2.45, 2.75) is 56.4 Å². The Morgan fingerprint density at radius 2 is 1.77 bits per heavy atom. The lowest BCUT2D eigenvalue weighted by atomic mass is 9.80. The first-order valence-corrected chi connectivity index (χ1v) is 12.7. The molecular weight excluding hydrogens is 420 g/mol. The average Bonchev–Trinajstić information content (AvgIpc) is 2.71. The van der Waals surface area contributed by atoms with Crippen molar-refractivity contribution < 1.29 is 18.4 Å². The van der Waals surface area contributed by atoms with E-state index in [4.69, 9.17) is 4.89 Å². The summed E-state index contributed by atoms with van der Waals surface area (Å²) in [5.74, 6) is 0.908. The van der Waals surface area contributed by atoms with Gasteiger partial charge in [0.1, 0.15) is 5.82 Å². The Kier molecular flexibility index (Phi) is 11.1. The van der Waals surface area contributed by atoms with Gasteiger partial charge in [0, 0.05) is 11.4 Å². The lowest BCUT2D eigenvalue weighted by Gasteiger charge is -2.25. The minimum Gasteiger partial charge on any atom is -0.326 e. The Labute approximate surface area is 184 Å². The summed E-state index contributed by atoms with van der Waals surface area (Å²) in [6.45, 7) is 6.28. The van der Waals surface area contributed by atoms with E-state index in [9.17, 15) is 8.96 Å². The Morgan fingerprint density at radius 3 is 2.43 bits per heavy atom. The highest BCUT2D eigenvalue weighted by Crippen LogP contribution is 2.30. The second kappa shape index (κ2) is 13.3. The molecule has 2 N–H and O–H groups in total. The molecule has 0 bridgehead atoms. The third-order valence-electron chi connectivity index (χ3n) is 5.07. The number of nitrogens with one attached hydrogen (secondary N) is 1. The molecule has 30 heavy (non-hydrogen) atoms. The lowest BCUT2D eigenvalue weighted by molar-refractivity contribution is 0.276. The molecule has 0 heterocycles. The predicted octanol–water partition coefficient (Wildman–Crippen LogP) is 5.94. The first-order valence-electron chi connectivity index (χ1n) is 10.4. The lowest BCUT2D eigenvalue weighted by Crippen LogP contribution is -2.17. The third kappa shape index (κ3) is 9.76. The van der Waals surface area contributed by atoms with Crippen LogP contribution < -0.4 is 5.32 Å². The number of unbranched alkanes of at least 4 members (excludes halogenated alkanes) is 1. The van der Waals surface area contributed by atoms with E-state index in [1.807, 2.05) is 23.9 Å². The van der Waals surface area contributed by atoms with E-state index < -0.39 is 8.25 Å². The van der Waals surface area contributed by atoms with Crippen LogP contribution in [0.25, 0.3) is 0 Å². The van der Waals surface area contributed by atoms with E-state index in [0.29, 0.717) is 13.0 Å². The van der Waals surface area contributed by atoms with Gasteiger partial charge in [0.05, 0.1) is 6.61 Å². The quantitative estimate of drug-likeness (QED) is 0.210. The standard InChI is InChI=1S/C23H33FNO3PS/c1-23(2,20-8-10-21(24)11-9-20)14-3-4-17-30-22-12-6-19(7-13-22)18-25-15-5-16-28-29(26)27/h6-13,25,29H,3-5,14-18H2,1-2H3,(H,26,27). The van der Waals surface area contributed by atoms with E-state index >= 15 is 0 Å². The van der Waals surface area contributed by atoms with Crippen LogP contribution in [-0.2, 0) is 21.0 Å². The van der Waals surface area contributed by atoms with Crippen LogP contribution >= 0.6 is 20.0 Å². The molecule has 0 aliphatic carbocycles. The topological polar surface area (TPSA) is 58.6 Å². The molecule has 0 aliphatic heterocycles. The minimum atomic E-state index is -2.80. The predicted molar refractivity (Wildman–Crippen MR) is 124 cm³/mol. The van der Waals surface area contributed by atoms with Crippen molar-refractivity contribution >= 4 is 20.0 Å². The van der Waals surface area contributed by atoms with E-state index in [1.54, 1.807) is 12.1 Å². The SMILES string of the molecule is CC(C)(CCCCSc1ccc(CNCCCO[PH](=O)O)cc1)c1ccc(F)cc1. The summed E-state index contributed by atoms with van der Waals surface area (Å²) >= 11 is 1.88. The number of benzene rings is 2. The number of rotatable bonds is 14. The van der Waals surface area contributed by atoms with Gasteiger partial charge in [0.25, 0.3) is 0 Å². The summed E-state index contributed by atoms with van der Waals surface area (Å²) in [4.78, 5) is 9.86. The first kappa shape index (κ1) is 25.1. The van der Waals surface area contributed by atoms with Crippen molar-refractivity contribution in [1.82, 2.24) is 5.32 Å². The van der Waals surface area contributed by atoms with Gasteiger partial charge in [-0.05, 0) is 72.4 Å². The van der Waals surface area contributed by atoms with Crippen molar-refractivity contribution in [2.24, 2.45) is 0 Å². The molecule has 0 aliphatic rings. The van der Waals surface area contributed by atoms with Gasteiger partial charge >= 0.3 is 8.25 Å². The Balaban J connectivity index is 1.60. The van der Waals surface area contributed by atoms with Gasteiger partial charge in [-0.3, -0.25) is 4.57 Å². The molecule has 0 spiro atoms. The highest BCUT2D eigenvalue weighted by atomic mass is 32.2. The van der Waals surface area contributed by atoms with Crippen LogP contribution in [0.15, 0.2) is 53.4 Å². The van der Waals surface area contributed by atoms with Crippen LogP contribution in [-0.4, -0.2) is 23.8 Å². The fraction of sp³-hybridized carbons (Fsp3) is 0.478. The number of thioether (sulfide) groups is 1. The summed E-state index contributed by atoms with van der Waals surface area (Å²) in [5.41, 5.74) is 2.48. The summed E-state index contributed by atoms with van der Waals surface area (Å²) in [5, 5.41) is 3.31. The van der Waals surface area contributed by atoms with Gasteiger partial charge in [0.2, 0.25) is 0 Å². The monoisotopic (exact) mass is 453 g/mol. The van der Waals surface area contributed by atoms with Gasteiger partial charge in [-0.15, -0.1) is 11.8 Å². The maximum Gasteiger partial charge on any atom is 0.316 e.